The van der Waals surface area contributed by atoms with Crippen LogP contribution in [0, 0.1) is 0 Å². The molecule has 0 radical (unpaired) electrons. The fraction of sp³-hybridized carbons (Fsp3) is 0.421. The zero-order valence-corrected chi connectivity index (χ0v) is 16.4. The van der Waals surface area contributed by atoms with Crippen LogP contribution < -0.4 is 5.32 Å². The molecule has 0 spiro atoms. The van der Waals surface area contributed by atoms with E-state index in [1.807, 2.05) is 30.3 Å². The second kappa shape index (κ2) is 8.84. The van der Waals surface area contributed by atoms with Crippen LogP contribution in [0.25, 0.3) is 6.08 Å². The van der Waals surface area contributed by atoms with Gasteiger partial charge < -0.3 is 15.3 Å². The Kier molecular flexibility index (Phi) is 6.49. The van der Waals surface area contributed by atoms with Crippen molar-refractivity contribution < 1.29 is 19.5 Å². The van der Waals surface area contributed by atoms with E-state index in [-0.39, 0.29) is 16.2 Å². The van der Waals surface area contributed by atoms with Crippen molar-refractivity contribution in [2.75, 3.05) is 5.75 Å². The topological polar surface area (TPSA) is 86.7 Å². The minimum atomic E-state index is -0.987. The van der Waals surface area contributed by atoms with Crippen molar-refractivity contribution in [3.63, 3.8) is 0 Å². The number of nitrogens with one attached hydrogen (secondary N) is 1. The molecule has 2 aliphatic heterocycles. The van der Waals surface area contributed by atoms with Gasteiger partial charge in [0.2, 0.25) is 5.91 Å². The maximum Gasteiger partial charge on any atom is 0.326 e. The number of hydrogen-bond acceptors (Lipinski definition) is 5. The first-order chi connectivity index (χ1) is 13.0. The van der Waals surface area contributed by atoms with Gasteiger partial charge in [-0.15, -0.1) is 24.4 Å². The van der Waals surface area contributed by atoms with Crippen LogP contribution in [0.2, 0.25) is 0 Å². The van der Waals surface area contributed by atoms with Crippen molar-refractivity contribution in [2.45, 2.75) is 43.1 Å². The highest BCUT2D eigenvalue weighted by atomic mass is 32.2. The third-order valence-electron chi connectivity index (χ3n) is 4.77. The fourth-order valence-corrected chi connectivity index (χ4v) is 5.03. The largest absolute Gasteiger partial charge is 0.480 e. The summed E-state index contributed by atoms with van der Waals surface area (Å²) in [5, 5.41) is 12.1. The van der Waals surface area contributed by atoms with Gasteiger partial charge in [-0.25, -0.2) is 4.79 Å². The summed E-state index contributed by atoms with van der Waals surface area (Å²) in [6.45, 7) is 0. The second-order valence-corrected chi connectivity index (χ2v) is 8.38. The molecule has 3 atom stereocenters. The average molecular weight is 407 g/mol. The molecule has 2 saturated heterocycles. The van der Waals surface area contributed by atoms with Crippen LogP contribution in [0.4, 0.5) is 0 Å². The van der Waals surface area contributed by atoms with Crippen LogP contribution in [-0.2, 0) is 14.4 Å². The molecule has 6 nitrogen and oxygen atoms in total. The van der Waals surface area contributed by atoms with E-state index in [9.17, 15) is 19.5 Å². The normalized spacial score (nSPS) is 26.1. The van der Waals surface area contributed by atoms with Crippen molar-refractivity contribution >= 4 is 48.3 Å². The summed E-state index contributed by atoms with van der Waals surface area (Å²) in [6, 6.07) is 7.75. The monoisotopic (exact) mass is 406 g/mol. The molecule has 0 bridgehead atoms. The lowest BCUT2D eigenvalue weighted by molar-refractivity contribution is -0.153. The highest BCUT2D eigenvalue weighted by Crippen LogP contribution is 2.34. The van der Waals surface area contributed by atoms with Gasteiger partial charge in [0.05, 0.1) is 10.3 Å². The summed E-state index contributed by atoms with van der Waals surface area (Å²) in [7, 11) is 0. The van der Waals surface area contributed by atoms with Gasteiger partial charge in [-0.3, -0.25) is 9.59 Å². The van der Waals surface area contributed by atoms with E-state index < -0.39 is 24.0 Å². The number of nitrogens with zero attached hydrogens (tertiary/aromatic N) is 1. The van der Waals surface area contributed by atoms with Crippen LogP contribution in [-0.4, -0.2) is 51.0 Å². The molecule has 0 aromatic heterocycles. The van der Waals surface area contributed by atoms with Crippen molar-refractivity contribution in [2.24, 2.45) is 0 Å². The molecule has 2 heterocycles. The number of carboxylic acid groups (broad SMARTS) is 1. The number of benzene rings is 1. The highest BCUT2D eigenvalue weighted by molar-refractivity contribution is 7.99. The Hall–Kier alpha value is -1.93. The summed E-state index contributed by atoms with van der Waals surface area (Å²) in [4.78, 5) is 38.8. The molecule has 2 aliphatic rings. The number of thioether (sulfide) groups is 1. The van der Waals surface area contributed by atoms with E-state index in [0.717, 1.165) is 18.4 Å². The Morgan fingerprint density at radius 3 is 2.67 bits per heavy atom. The number of amides is 2. The first-order valence-corrected chi connectivity index (χ1v) is 10.4. The third-order valence-corrected chi connectivity index (χ3v) is 6.42. The zero-order valence-electron chi connectivity index (χ0n) is 14.7. The summed E-state index contributed by atoms with van der Waals surface area (Å²) >= 11 is 5.85. The number of carboxylic acids is 1. The summed E-state index contributed by atoms with van der Waals surface area (Å²) in [5.74, 6) is -1.05. The summed E-state index contributed by atoms with van der Waals surface area (Å²) < 4.78 is 0. The molecule has 144 valence electrons. The molecule has 2 fully saturated rings. The Morgan fingerprint density at radius 2 is 1.96 bits per heavy atom. The standard InChI is InChI=1S/C19H22N2O4S2/c22-17(15(26)11-12-5-2-1-3-6-12)20-13-9-10-27-16-8-4-7-14(19(24)25)21(16)18(13)23/h1-3,5-6,11,13-14,16,26H,4,7-10H2,(H,20,22)(H,24,25)/b15-11-/t13-,14-,16-/m0/s1. The minimum Gasteiger partial charge on any atom is -0.480 e. The molecule has 8 heteroatoms. The van der Waals surface area contributed by atoms with Crippen molar-refractivity contribution in [1.82, 2.24) is 10.2 Å². The fourth-order valence-electron chi connectivity index (χ4n) is 3.43. The Morgan fingerprint density at radius 1 is 1.22 bits per heavy atom. The Bertz CT molecular complexity index is 753. The maximum atomic E-state index is 13.0. The van der Waals surface area contributed by atoms with Crippen molar-refractivity contribution in [3.8, 4) is 0 Å². The van der Waals surface area contributed by atoms with Crippen LogP contribution in [0.1, 0.15) is 31.2 Å². The number of thiol groups is 1. The summed E-state index contributed by atoms with van der Waals surface area (Å²) in [5.41, 5.74) is 0.836. The van der Waals surface area contributed by atoms with Crippen LogP contribution in [0.15, 0.2) is 35.2 Å². The molecule has 3 rings (SSSR count). The van der Waals surface area contributed by atoms with E-state index in [2.05, 4.69) is 17.9 Å². The zero-order chi connectivity index (χ0) is 19.4. The lowest BCUT2D eigenvalue weighted by Gasteiger charge is -2.39. The number of fused-ring (bicyclic) bond motifs is 1. The van der Waals surface area contributed by atoms with E-state index in [1.54, 1.807) is 17.8 Å². The van der Waals surface area contributed by atoms with E-state index >= 15 is 0 Å². The lowest BCUT2D eigenvalue weighted by Crippen LogP contribution is -2.57. The molecule has 0 aliphatic carbocycles. The predicted molar refractivity (Wildman–Crippen MR) is 108 cm³/mol. The molecular weight excluding hydrogens is 384 g/mol. The molecule has 1 aromatic rings. The molecule has 1 aromatic carbocycles. The first kappa shape index (κ1) is 19.8. The van der Waals surface area contributed by atoms with Gasteiger partial charge in [-0.2, -0.15) is 0 Å². The number of carbonyl (C=O) groups is 3. The van der Waals surface area contributed by atoms with Crippen molar-refractivity contribution in [1.29, 1.82) is 0 Å². The van der Waals surface area contributed by atoms with Gasteiger partial charge in [-0.05, 0) is 43.1 Å². The van der Waals surface area contributed by atoms with Crippen LogP contribution in [0.3, 0.4) is 0 Å². The number of carbonyl (C=O) groups excluding carboxylic acids is 2. The maximum absolute atomic E-state index is 13.0. The second-order valence-electron chi connectivity index (χ2n) is 6.61. The first-order valence-electron chi connectivity index (χ1n) is 8.90. The Balaban J connectivity index is 1.74. The molecular formula is C19H22N2O4S2. The number of piperidine rings is 1. The van der Waals surface area contributed by atoms with Gasteiger partial charge in [0.25, 0.3) is 5.91 Å². The van der Waals surface area contributed by atoms with Gasteiger partial charge in [-0.1, -0.05) is 30.3 Å². The highest BCUT2D eigenvalue weighted by Gasteiger charge is 2.43. The summed E-state index contributed by atoms with van der Waals surface area (Å²) in [6.07, 6.45) is 4.13. The molecule has 27 heavy (non-hydrogen) atoms. The van der Waals surface area contributed by atoms with Crippen LogP contribution >= 0.6 is 24.4 Å². The molecule has 2 amide bonds. The third kappa shape index (κ3) is 4.68. The van der Waals surface area contributed by atoms with E-state index in [0.29, 0.717) is 18.6 Å². The number of rotatable bonds is 4. The van der Waals surface area contributed by atoms with E-state index in [4.69, 9.17) is 0 Å². The number of aliphatic carboxylic acids is 1. The van der Waals surface area contributed by atoms with Crippen molar-refractivity contribution in [3.05, 3.63) is 40.8 Å². The van der Waals surface area contributed by atoms with Gasteiger partial charge in [0, 0.05) is 0 Å². The van der Waals surface area contributed by atoms with Gasteiger partial charge in [0.1, 0.15) is 12.1 Å². The minimum absolute atomic E-state index is 0.135. The molecule has 0 unspecified atom stereocenters. The van der Waals surface area contributed by atoms with Crippen LogP contribution in [0.5, 0.6) is 0 Å². The predicted octanol–water partition coefficient (Wildman–Crippen LogP) is 2.37. The number of hydrogen-bond donors (Lipinski definition) is 3. The molecule has 2 N–H and O–H groups in total. The van der Waals surface area contributed by atoms with Gasteiger partial charge >= 0.3 is 5.97 Å². The van der Waals surface area contributed by atoms with E-state index in [1.165, 1.54) is 4.90 Å². The van der Waals surface area contributed by atoms with Gasteiger partial charge in [0.15, 0.2) is 0 Å². The Labute approximate surface area is 167 Å². The quantitative estimate of drug-likeness (QED) is 0.528. The smallest absolute Gasteiger partial charge is 0.326 e. The lowest BCUT2D eigenvalue weighted by atomic mass is 10.0. The SMILES string of the molecule is O=C(N[C@H]1CCS[C@H]2CCC[C@@H](C(=O)O)N2C1=O)/C(S)=C/c1ccccc1. The molecule has 0 saturated carbocycles. The average Bonchev–Trinajstić information content (AvgIpc) is 2.81.